The Labute approximate surface area is 189 Å². The second-order valence-corrected chi connectivity index (χ2v) is 8.71. The predicted molar refractivity (Wildman–Crippen MR) is 119 cm³/mol. The molecule has 170 valence electrons. The molecule has 2 aliphatic rings. The number of nitrogens with zero attached hydrogens (tertiary/aromatic N) is 6. The summed E-state index contributed by atoms with van der Waals surface area (Å²) in [6, 6.07) is 5.26. The van der Waals surface area contributed by atoms with Gasteiger partial charge in [0.2, 0.25) is 0 Å². The average molecular weight is 450 g/mol. The van der Waals surface area contributed by atoms with Gasteiger partial charge in [0.25, 0.3) is 0 Å². The molecule has 3 aromatic heterocycles. The second-order valence-electron chi connectivity index (χ2n) is 8.71. The Bertz CT molecular complexity index is 1300. The molecule has 4 aromatic rings. The summed E-state index contributed by atoms with van der Waals surface area (Å²) >= 11 is 0. The smallest absolute Gasteiger partial charge is 0.183 e. The molecule has 0 unspecified atom stereocenters. The number of hydrogen-bond acceptors (Lipinski definition) is 5. The first-order chi connectivity index (χ1) is 16.2. The Morgan fingerprint density at radius 1 is 1.00 bits per heavy atom. The van der Waals surface area contributed by atoms with Crippen LogP contribution in [0, 0.1) is 11.6 Å². The van der Waals surface area contributed by atoms with Crippen LogP contribution in [0.4, 0.5) is 14.6 Å². The van der Waals surface area contributed by atoms with E-state index >= 15 is 0 Å². The summed E-state index contributed by atoms with van der Waals surface area (Å²) < 4.78 is 37.4. The van der Waals surface area contributed by atoms with Gasteiger partial charge in [-0.15, -0.1) is 0 Å². The van der Waals surface area contributed by atoms with E-state index in [2.05, 4.69) is 10.2 Å². The normalized spacial score (nSPS) is 19.6. The minimum absolute atomic E-state index is 0.258. The lowest BCUT2D eigenvalue weighted by molar-refractivity contribution is 0.0853. The molecule has 7 nitrogen and oxygen atoms in total. The molecule has 1 atom stereocenters. The summed E-state index contributed by atoms with van der Waals surface area (Å²) in [4.78, 5) is 6.92. The van der Waals surface area contributed by atoms with Crippen LogP contribution in [0.2, 0.25) is 0 Å². The highest BCUT2D eigenvalue weighted by Gasteiger charge is 2.30. The van der Waals surface area contributed by atoms with Gasteiger partial charge in [-0.25, -0.2) is 23.0 Å². The first kappa shape index (κ1) is 20.3. The number of ether oxygens (including phenoxy) is 1. The van der Waals surface area contributed by atoms with Crippen molar-refractivity contribution in [1.82, 2.24) is 24.4 Å². The number of benzene rings is 1. The summed E-state index contributed by atoms with van der Waals surface area (Å²) in [5, 5.41) is 9.01. The Morgan fingerprint density at radius 3 is 2.76 bits per heavy atom. The van der Waals surface area contributed by atoms with Gasteiger partial charge in [-0.2, -0.15) is 10.2 Å². The van der Waals surface area contributed by atoms with E-state index in [1.165, 1.54) is 17.7 Å². The summed E-state index contributed by atoms with van der Waals surface area (Å²) in [5.74, 6) is 0.340. The zero-order chi connectivity index (χ0) is 22.4. The first-order valence-electron chi connectivity index (χ1n) is 11.4. The molecule has 0 radical (unpaired) electrons. The van der Waals surface area contributed by atoms with E-state index in [4.69, 9.17) is 9.72 Å². The average Bonchev–Trinajstić information content (AvgIpc) is 3.60. The minimum Gasteiger partial charge on any atom is -0.381 e. The third-order valence-electron chi connectivity index (χ3n) is 6.74. The van der Waals surface area contributed by atoms with Gasteiger partial charge in [0.05, 0.1) is 18.4 Å². The van der Waals surface area contributed by atoms with Crippen molar-refractivity contribution in [3.05, 3.63) is 71.8 Å². The number of halogens is 2. The molecule has 9 heteroatoms. The fourth-order valence-corrected chi connectivity index (χ4v) is 5.01. The molecule has 2 aliphatic heterocycles. The monoisotopic (exact) mass is 450 g/mol. The lowest BCUT2D eigenvalue weighted by Gasteiger charge is -2.26. The lowest BCUT2D eigenvalue weighted by Crippen LogP contribution is -2.24. The van der Waals surface area contributed by atoms with Crippen LogP contribution in [0.5, 0.6) is 0 Å². The topological polar surface area (TPSA) is 60.5 Å². The quantitative estimate of drug-likeness (QED) is 0.460. The fraction of sp³-hybridized carbons (Fsp3) is 0.375. The Kier molecular flexibility index (Phi) is 5.05. The molecule has 0 bridgehead atoms. The third kappa shape index (κ3) is 3.66. The molecule has 0 amide bonds. The zero-order valence-electron chi connectivity index (χ0n) is 18.1. The van der Waals surface area contributed by atoms with E-state index < -0.39 is 11.6 Å². The van der Waals surface area contributed by atoms with E-state index in [9.17, 15) is 8.78 Å². The Hall–Kier alpha value is -3.33. The Morgan fingerprint density at radius 2 is 1.88 bits per heavy atom. The van der Waals surface area contributed by atoms with E-state index in [0.717, 1.165) is 57.2 Å². The van der Waals surface area contributed by atoms with E-state index in [-0.39, 0.29) is 6.04 Å². The molecule has 5 heterocycles. The molecule has 0 N–H and O–H groups in total. The van der Waals surface area contributed by atoms with Gasteiger partial charge < -0.3 is 9.64 Å². The predicted octanol–water partition coefficient (Wildman–Crippen LogP) is 4.43. The van der Waals surface area contributed by atoms with Crippen molar-refractivity contribution < 1.29 is 13.5 Å². The molecule has 0 aliphatic carbocycles. The molecule has 33 heavy (non-hydrogen) atoms. The highest BCUT2D eigenvalue weighted by atomic mass is 19.1. The standard InChI is InChI=1S/C24H24F2N6O/c25-18-3-4-20(26)19(12-18)21-2-1-8-30(21)23-5-9-31-24(29-23)22(14-28-31)32-15-17(13-27-32)16-6-10-33-11-7-16/h3-5,9,12-16,21H,1-2,6-8,10-11H2/t21-/m0/s1. The van der Waals surface area contributed by atoms with Gasteiger partial charge in [-0.1, -0.05) is 0 Å². The molecule has 6 rings (SSSR count). The van der Waals surface area contributed by atoms with E-state index in [1.807, 2.05) is 34.2 Å². The first-order valence-corrected chi connectivity index (χ1v) is 11.4. The zero-order valence-corrected chi connectivity index (χ0v) is 18.1. The highest BCUT2D eigenvalue weighted by Crippen LogP contribution is 2.37. The van der Waals surface area contributed by atoms with E-state index in [0.29, 0.717) is 22.9 Å². The second kappa shape index (κ2) is 8.22. The summed E-state index contributed by atoms with van der Waals surface area (Å²) in [5.41, 5.74) is 3.01. The summed E-state index contributed by atoms with van der Waals surface area (Å²) in [6.45, 7) is 2.28. The van der Waals surface area contributed by atoms with Gasteiger partial charge >= 0.3 is 0 Å². The molecular weight excluding hydrogens is 426 g/mol. The van der Waals surface area contributed by atoms with Crippen LogP contribution >= 0.6 is 0 Å². The van der Waals surface area contributed by atoms with Crippen LogP contribution in [0.15, 0.2) is 49.1 Å². The Balaban J connectivity index is 1.34. The van der Waals surface area contributed by atoms with Crippen LogP contribution in [0.3, 0.4) is 0 Å². The molecule has 2 saturated heterocycles. The van der Waals surface area contributed by atoms with Gasteiger partial charge in [0.1, 0.15) is 23.1 Å². The number of fused-ring (bicyclic) bond motifs is 1. The minimum atomic E-state index is -0.432. The van der Waals surface area contributed by atoms with Crippen molar-refractivity contribution >= 4 is 11.5 Å². The lowest BCUT2D eigenvalue weighted by atomic mass is 9.94. The van der Waals surface area contributed by atoms with Crippen molar-refractivity contribution in [3.63, 3.8) is 0 Å². The number of anilines is 1. The van der Waals surface area contributed by atoms with Crippen molar-refractivity contribution in [2.75, 3.05) is 24.7 Å². The van der Waals surface area contributed by atoms with Crippen LogP contribution < -0.4 is 4.90 Å². The summed E-state index contributed by atoms with van der Waals surface area (Å²) in [6.07, 6.45) is 11.2. The van der Waals surface area contributed by atoms with Crippen LogP contribution in [0.25, 0.3) is 11.3 Å². The maximum absolute atomic E-state index is 14.5. The molecule has 2 fully saturated rings. The van der Waals surface area contributed by atoms with Crippen molar-refractivity contribution in [3.8, 4) is 5.69 Å². The maximum atomic E-state index is 14.5. The third-order valence-corrected chi connectivity index (χ3v) is 6.74. The maximum Gasteiger partial charge on any atom is 0.183 e. The molecule has 1 aromatic carbocycles. The van der Waals surface area contributed by atoms with Gasteiger partial charge in [-0.05, 0) is 61.4 Å². The largest absolute Gasteiger partial charge is 0.381 e. The molecule has 0 saturated carbocycles. The van der Waals surface area contributed by atoms with Crippen LogP contribution in [-0.2, 0) is 4.74 Å². The molecular formula is C24H24F2N6O. The summed E-state index contributed by atoms with van der Waals surface area (Å²) in [7, 11) is 0. The number of aromatic nitrogens is 5. The van der Waals surface area contributed by atoms with Crippen molar-refractivity contribution in [1.29, 1.82) is 0 Å². The van der Waals surface area contributed by atoms with Gasteiger partial charge in [-0.3, -0.25) is 0 Å². The van der Waals surface area contributed by atoms with Gasteiger partial charge in [0, 0.05) is 37.7 Å². The highest BCUT2D eigenvalue weighted by molar-refractivity contribution is 5.61. The fourth-order valence-electron chi connectivity index (χ4n) is 5.01. The SMILES string of the molecule is Fc1ccc(F)c([C@@H]2CCCN2c2ccn3ncc(-n4cc(C5CCOCC5)cn4)c3n2)c1. The van der Waals surface area contributed by atoms with Gasteiger partial charge in [0.15, 0.2) is 5.65 Å². The molecule has 0 spiro atoms. The van der Waals surface area contributed by atoms with E-state index in [1.54, 1.807) is 10.7 Å². The van der Waals surface area contributed by atoms with Crippen molar-refractivity contribution in [2.24, 2.45) is 0 Å². The number of hydrogen-bond donors (Lipinski definition) is 0. The van der Waals surface area contributed by atoms with Crippen LogP contribution in [0.1, 0.15) is 48.8 Å². The van der Waals surface area contributed by atoms with Crippen molar-refractivity contribution in [2.45, 2.75) is 37.6 Å². The van der Waals surface area contributed by atoms with Crippen LogP contribution in [-0.4, -0.2) is 44.1 Å². The number of rotatable bonds is 4.